The molecule has 3 aliphatic rings. The van der Waals surface area contributed by atoms with E-state index in [2.05, 4.69) is 42.2 Å². The van der Waals surface area contributed by atoms with Crippen molar-refractivity contribution in [3.05, 3.63) is 58.9 Å². The summed E-state index contributed by atoms with van der Waals surface area (Å²) in [6.07, 6.45) is 3.50. The number of rotatable bonds is 6. The van der Waals surface area contributed by atoms with Crippen LogP contribution in [-0.2, 0) is 13.1 Å². The number of ketones is 2. The zero-order chi connectivity index (χ0) is 23.1. The second-order valence-electron chi connectivity index (χ2n) is 8.66. The molecule has 6 rings (SSSR count). The van der Waals surface area contributed by atoms with E-state index in [1.54, 1.807) is 4.68 Å². The van der Waals surface area contributed by atoms with Crippen molar-refractivity contribution >= 4 is 11.6 Å². The fourth-order valence-electron chi connectivity index (χ4n) is 4.73. The molecule has 11 nitrogen and oxygen atoms in total. The van der Waals surface area contributed by atoms with Gasteiger partial charge in [-0.2, -0.15) is 4.68 Å². The van der Waals surface area contributed by atoms with Gasteiger partial charge in [0.2, 0.25) is 12.6 Å². The van der Waals surface area contributed by atoms with Gasteiger partial charge in [0.05, 0.1) is 10.7 Å². The van der Waals surface area contributed by atoms with Crippen LogP contribution in [0.3, 0.4) is 0 Å². The fourth-order valence-corrected chi connectivity index (χ4v) is 4.73. The van der Waals surface area contributed by atoms with Gasteiger partial charge in [0.15, 0.2) is 11.5 Å². The van der Waals surface area contributed by atoms with Crippen molar-refractivity contribution in [3.8, 4) is 11.5 Å². The van der Waals surface area contributed by atoms with Crippen molar-refractivity contribution in [2.75, 3.05) is 39.5 Å². The Morgan fingerprint density at radius 1 is 1.00 bits per heavy atom. The Balaban J connectivity index is 1.01. The van der Waals surface area contributed by atoms with Gasteiger partial charge in [0, 0.05) is 45.5 Å². The standard InChI is InChI=1S/C23H23N7O4/c31-22-16-11-24-13-25-19(16)23(32)20-21(22)30(27-26-20)5-1-4-28-6-8-29(9-7-28)12-15-2-3-17-18(10-15)34-14-33-17/h2-3,10-11,13H,1,4-9,12,14H2/p+1. The maximum atomic E-state index is 12.9. The van der Waals surface area contributed by atoms with Crippen molar-refractivity contribution in [3.63, 3.8) is 0 Å². The van der Waals surface area contributed by atoms with Gasteiger partial charge in [0.25, 0.3) is 11.5 Å². The summed E-state index contributed by atoms with van der Waals surface area (Å²) in [6.45, 7) is 6.61. The number of carbonyl (C=O) groups excluding carboxylic acids is 2. The minimum absolute atomic E-state index is 0.116. The largest absolute Gasteiger partial charge is 0.454 e. The molecule has 0 radical (unpaired) electrons. The van der Waals surface area contributed by atoms with Crippen LogP contribution >= 0.6 is 0 Å². The first-order valence-corrected chi connectivity index (χ1v) is 11.4. The van der Waals surface area contributed by atoms with E-state index in [0.717, 1.165) is 57.2 Å². The molecule has 2 aliphatic heterocycles. The first kappa shape index (κ1) is 20.9. The molecule has 1 fully saturated rings. The summed E-state index contributed by atoms with van der Waals surface area (Å²) in [7, 11) is 0. The summed E-state index contributed by atoms with van der Waals surface area (Å²) in [6, 6.07) is 6.13. The average Bonchev–Trinajstić information content (AvgIpc) is 3.51. The lowest BCUT2D eigenvalue weighted by atomic mass is 9.95. The summed E-state index contributed by atoms with van der Waals surface area (Å²) in [5.41, 5.74) is 2.00. The number of ether oxygens (including phenoxy) is 2. The van der Waals surface area contributed by atoms with E-state index >= 15 is 0 Å². The molecule has 3 aromatic rings. The second-order valence-corrected chi connectivity index (χ2v) is 8.66. The first-order chi connectivity index (χ1) is 16.7. The predicted octanol–water partition coefficient (Wildman–Crippen LogP) is 0.199. The number of hydrogen-bond donors (Lipinski definition) is 1. The summed E-state index contributed by atoms with van der Waals surface area (Å²) in [5.74, 6) is 1.02. The molecule has 1 aliphatic carbocycles. The molecule has 2 aromatic heterocycles. The van der Waals surface area contributed by atoms with Gasteiger partial charge in [-0.05, 0) is 24.1 Å². The van der Waals surface area contributed by atoms with Crippen LogP contribution in [0.15, 0.2) is 30.7 Å². The number of aryl methyl sites for hydroxylation is 1. The van der Waals surface area contributed by atoms with Crippen LogP contribution in [0, 0.1) is 0 Å². The highest BCUT2D eigenvalue weighted by molar-refractivity contribution is 6.25. The molecule has 0 unspecified atom stereocenters. The summed E-state index contributed by atoms with van der Waals surface area (Å²) in [4.78, 5) is 38.3. The van der Waals surface area contributed by atoms with E-state index in [-0.39, 0.29) is 28.5 Å². The van der Waals surface area contributed by atoms with Gasteiger partial charge in [-0.25, -0.2) is 9.97 Å². The molecule has 11 heteroatoms. The third kappa shape index (κ3) is 3.72. The summed E-state index contributed by atoms with van der Waals surface area (Å²) >= 11 is 0. The maximum absolute atomic E-state index is 12.9. The molecule has 1 N–H and O–H groups in total. The van der Waals surface area contributed by atoms with Gasteiger partial charge in [-0.3, -0.25) is 14.5 Å². The molecule has 174 valence electrons. The number of nitrogens with zero attached hydrogens (tertiary/aromatic N) is 6. The molecule has 1 aromatic carbocycles. The van der Waals surface area contributed by atoms with Crippen molar-refractivity contribution in [1.29, 1.82) is 0 Å². The molecule has 1 saturated heterocycles. The Morgan fingerprint density at radius 2 is 1.82 bits per heavy atom. The van der Waals surface area contributed by atoms with Gasteiger partial charge < -0.3 is 14.4 Å². The number of benzene rings is 1. The number of hydrogen-bond acceptors (Lipinski definition) is 9. The van der Waals surface area contributed by atoms with E-state index in [1.165, 1.54) is 18.1 Å². The topological polar surface area (TPSA) is 117 Å². The van der Waals surface area contributed by atoms with Gasteiger partial charge in [-0.1, -0.05) is 11.3 Å². The maximum Gasteiger partial charge on any atom is 0.302 e. The van der Waals surface area contributed by atoms with Crippen LogP contribution in [0.25, 0.3) is 0 Å². The average molecular weight is 462 g/mol. The lowest BCUT2D eigenvalue weighted by molar-refractivity contribution is -0.755. The monoisotopic (exact) mass is 462 g/mol. The zero-order valence-electron chi connectivity index (χ0n) is 18.6. The number of aromatic nitrogens is 5. The lowest BCUT2D eigenvalue weighted by Gasteiger charge is -2.34. The first-order valence-electron chi connectivity index (χ1n) is 11.4. The normalized spacial score (nSPS) is 17.6. The van der Waals surface area contributed by atoms with E-state index in [1.807, 2.05) is 6.07 Å². The number of nitrogens with one attached hydrogen (secondary N) is 1. The SMILES string of the molecule is O=C1c2ncncc2C(=O)c2c1n[nH][n+]2CCCN1CCN(Cc2ccc3c(c2)OCO3)CC1. The summed E-state index contributed by atoms with van der Waals surface area (Å²) < 4.78 is 12.5. The van der Waals surface area contributed by atoms with Crippen molar-refractivity contribution < 1.29 is 23.7 Å². The zero-order valence-corrected chi connectivity index (χ0v) is 18.6. The van der Waals surface area contributed by atoms with Crippen molar-refractivity contribution in [2.24, 2.45) is 0 Å². The van der Waals surface area contributed by atoms with E-state index in [0.29, 0.717) is 19.0 Å². The highest BCUT2D eigenvalue weighted by atomic mass is 16.7. The Bertz CT molecular complexity index is 1270. The second kappa shape index (κ2) is 8.58. The van der Waals surface area contributed by atoms with Crippen LogP contribution in [0.1, 0.15) is 44.2 Å². The molecule has 34 heavy (non-hydrogen) atoms. The van der Waals surface area contributed by atoms with Crippen molar-refractivity contribution in [2.45, 2.75) is 19.5 Å². The number of piperazine rings is 1. The number of H-pyrrole nitrogens is 1. The van der Waals surface area contributed by atoms with Crippen LogP contribution in [-0.4, -0.2) is 81.2 Å². The fraction of sp³-hybridized carbons (Fsp3) is 0.391. The van der Waals surface area contributed by atoms with Crippen LogP contribution < -0.4 is 14.2 Å². The Hall–Kier alpha value is -3.70. The molecular weight excluding hydrogens is 438 g/mol. The summed E-state index contributed by atoms with van der Waals surface area (Å²) in [5, 5.41) is 6.93. The smallest absolute Gasteiger partial charge is 0.302 e. The quantitative estimate of drug-likeness (QED) is 0.401. The third-order valence-corrected chi connectivity index (χ3v) is 6.54. The van der Waals surface area contributed by atoms with Crippen LogP contribution in [0.2, 0.25) is 0 Å². The van der Waals surface area contributed by atoms with Gasteiger partial charge in [-0.15, -0.1) is 0 Å². The molecule has 0 saturated carbocycles. The van der Waals surface area contributed by atoms with Gasteiger partial charge in [0.1, 0.15) is 18.6 Å². The minimum Gasteiger partial charge on any atom is -0.454 e. The molecule has 0 atom stereocenters. The van der Waals surface area contributed by atoms with E-state index in [9.17, 15) is 9.59 Å². The molecule has 4 heterocycles. The Morgan fingerprint density at radius 3 is 2.71 bits per heavy atom. The number of fused-ring (bicyclic) bond motifs is 3. The Labute approximate surface area is 195 Å². The molecule has 0 spiro atoms. The highest BCUT2D eigenvalue weighted by Crippen LogP contribution is 2.32. The number of carbonyl (C=O) groups is 2. The highest BCUT2D eigenvalue weighted by Gasteiger charge is 2.42. The molecule has 0 bridgehead atoms. The lowest BCUT2D eigenvalue weighted by Crippen LogP contribution is -2.48. The number of aromatic amines is 1. The molecule has 0 amide bonds. The van der Waals surface area contributed by atoms with E-state index in [4.69, 9.17) is 9.47 Å². The van der Waals surface area contributed by atoms with Crippen molar-refractivity contribution in [1.82, 2.24) is 30.1 Å². The van der Waals surface area contributed by atoms with E-state index < -0.39 is 0 Å². The third-order valence-electron chi connectivity index (χ3n) is 6.54. The van der Waals surface area contributed by atoms with Crippen LogP contribution in [0.5, 0.6) is 11.5 Å². The minimum atomic E-state index is -0.347. The predicted molar refractivity (Wildman–Crippen MR) is 117 cm³/mol. The van der Waals surface area contributed by atoms with Crippen LogP contribution in [0.4, 0.5) is 0 Å². The molecular formula is C23H24N7O4+. The van der Waals surface area contributed by atoms with Gasteiger partial charge >= 0.3 is 5.69 Å². The Kier molecular flexibility index (Phi) is 5.27.